The number of rotatable bonds is 0. The van der Waals surface area contributed by atoms with Crippen molar-refractivity contribution in [3.63, 3.8) is 0 Å². The van der Waals surface area contributed by atoms with E-state index in [1.54, 1.807) is 16.7 Å². The van der Waals surface area contributed by atoms with Gasteiger partial charge in [-0.2, -0.15) is 0 Å². The molecule has 1 N–H and O–H groups in total. The van der Waals surface area contributed by atoms with Crippen LogP contribution < -0.4 is 0 Å². The third kappa shape index (κ3) is 1.46. The van der Waals surface area contributed by atoms with Gasteiger partial charge in [0.05, 0.1) is 0 Å². The number of aromatic nitrogens is 1. The molecule has 2 spiro atoms. The van der Waals surface area contributed by atoms with E-state index in [2.05, 4.69) is 77.8 Å². The van der Waals surface area contributed by atoms with E-state index < -0.39 is 0 Å². The van der Waals surface area contributed by atoms with Crippen LogP contribution in [-0.2, 0) is 5.41 Å². The number of hydrogen-bond donors (Lipinski definition) is 1. The summed E-state index contributed by atoms with van der Waals surface area (Å²) in [5.74, 6) is 3.78. The van der Waals surface area contributed by atoms with Crippen molar-refractivity contribution in [1.29, 1.82) is 0 Å². The Balaban J connectivity index is 1.39. The Morgan fingerprint density at radius 3 is 2.48 bits per heavy atom. The molecule has 10 rings (SSSR count). The smallest absolute Gasteiger partial charge is 0.0471 e. The van der Waals surface area contributed by atoms with Gasteiger partial charge in [0, 0.05) is 27.2 Å². The SMILES string of the molecule is c1ccc2c(c1)-c1c(ccc3[nH]c4ccc5ccccc5c4c13)C21C2CC3CC4CC1C42C3. The third-order valence-electron chi connectivity index (χ3n) is 11.2. The summed E-state index contributed by atoms with van der Waals surface area (Å²) in [6.07, 6.45) is 6.00. The van der Waals surface area contributed by atoms with Gasteiger partial charge < -0.3 is 4.98 Å². The van der Waals surface area contributed by atoms with Gasteiger partial charge in [-0.25, -0.2) is 0 Å². The number of nitrogens with one attached hydrogen (secondary N) is 1. The molecule has 5 aliphatic rings. The summed E-state index contributed by atoms with van der Waals surface area (Å²) in [5.41, 5.74) is 9.93. The maximum atomic E-state index is 3.79. The largest absolute Gasteiger partial charge is 0.354 e. The molecule has 4 saturated carbocycles. The first-order valence-electron chi connectivity index (χ1n) is 12.9. The van der Waals surface area contributed by atoms with E-state index in [4.69, 9.17) is 0 Å². The minimum atomic E-state index is 0.278. The average molecular weight is 424 g/mol. The summed E-state index contributed by atoms with van der Waals surface area (Å²) in [4.78, 5) is 3.79. The number of benzene rings is 4. The van der Waals surface area contributed by atoms with Crippen molar-refractivity contribution >= 4 is 32.6 Å². The van der Waals surface area contributed by atoms with Crippen molar-refractivity contribution in [1.82, 2.24) is 4.98 Å². The summed E-state index contributed by atoms with van der Waals surface area (Å²) < 4.78 is 0. The molecule has 33 heavy (non-hydrogen) atoms. The van der Waals surface area contributed by atoms with Crippen molar-refractivity contribution in [3.8, 4) is 11.1 Å². The van der Waals surface area contributed by atoms with Crippen molar-refractivity contribution in [3.05, 3.63) is 83.9 Å². The van der Waals surface area contributed by atoms with Crippen molar-refractivity contribution in [2.24, 2.45) is 29.1 Å². The Hall–Kier alpha value is -3.06. The lowest BCUT2D eigenvalue weighted by atomic mass is 9.27. The zero-order valence-electron chi connectivity index (χ0n) is 18.6. The first-order valence-corrected chi connectivity index (χ1v) is 12.9. The first kappa shape index (κ1) is 16.5. The van der Waals surface area contributed by atoms with Gasteiger partial charge in [-0.1, -0.05) is 60.7 Å². The molecule has 0 amide bonds. The van der Waals surface area contributed by atoms with Crippen LogP contribution in [0.5, 0.6) is 0 Å². The van der Waals surface area contributed by atoms with Crippen molar-refractivity contribution in [2.45, 2.75) is 31.1 Å². The normalized spacial score (nSPS) is 36.2. The van der Waals surface area contributed by atoms with Crippen LogP contribution in [0.2, 0.25) is 0 Å². The molecule has 4 fully saturated rings. The summed E-state index contributed by atoms with van der Waals surface area (Å²) in [6, 6.07) is 27.9. The second kappa shape index (κ2) is 4.89. The van der Waals surface area contributed by atoms with Crippen LogP contribution in [-0.4, -0.2) is 4.98 Å². The molecule has 5 aromatic rings. The Morgan fingerprint density at radius 2 is 1.52 bits per heavy atom. The molecule has 158 valence electrons. The van der Waals surface area contributed by atoms with Gasteiger partial charge in [0.15, 0.2) is 0 Å². The maximum absolute atomic E-state index is 3.79. The summed E-state index contributed by atoms with van der Waals surface area (Å²) >= 11 is 0. The highest BCUT2D eigenvalue weighted by Gasteiger charge is 2.84. The maximum Gasteiger partial charge on any atom is 0.0471 e. The highest BCUT2D eigenvalue weighted by atomic mass is 14.9. The lowest BCUT2D eigenvalue weighted by Crippen LogP contribution is -2.73. The predicted octanol–water partition coefficient (Wildman–Crippen LogP) is 7.81. The van der Waals surface area contributed by atoms with Gasteiger partial charge in [0.1, 0.15) is 0 Å². The van der Waals surface area contributed by atoms with Crippen LogP contribution in [0, 0.1) is 29.1 Å². The van der Waals surface area contributed by atoms with Gasteiger partial charge >= 0.3 is 0 Å². The second-order valence-corrected chi connectivity index (χ2v) is 11.9. The van der Waals surface area contributed by atoms with E-state index in [0.29, 0.717) is 5.41 Å². The van der Waals surface area contributed by atoms with Crippen LogP contribution in [0.3, 0.4) is 0 Å². The van der Waals surface area contributed by atoms with E-state index in [1.807, 2.05) is 0 Å². The molecule has 6 atom stereocenters. The quantitative estimate of drug-likeness (QED) is 0.261. The molecule has 1 aromatic heterocycles. The van der Waals surface area contributed by atoms with Crippen molar-refractivity contribution in [2.75, 3.05) is 0 Å². The van der Waals surface area contributed by atoms with Gasteiger partial charge in [-0.05, 0) is 99.9 Å². The zero-order chi connectivity index (χ0) is 21.1. The first-order chi connectivity index (χ1) is 16.3. The van der Waals surface area contributed by atoms with Crippen LogP contribution >= 0.6 is 0 Å². The number of aromatic amines is 1. The lowest BCUT2D eigenvalue weighted by molar-refractivity contribution is -0.231. The molecule has 2 bridgehead atoms. The fourth-order valence-corrected chi connectivity index (χ4v) is 10.6. The molecule has 0 saturated heterocycles. The fourth-order valence-electron chi connectivity index (χ4n) is 10.6. The summed E-state index contributed by atoms with van der Waals surface area (Å²) in [5, 5.41) is 5.59. The zero-order valence-corrected chi connectivity index (χ0v) is 18.6. The molecule has 1 nitrogen and oxygen atoms in total. The molecule has 1 heterocycles. The van der Waals surface area contributed by atoms with Crippen LogP contribution in [0.1, 0.15) is 36.8 Å². The minimum absolute atomic E-state index is 0.278. The molecule has 0 radical (unpaired) electrons. The van der Waals surface area contributed by atoms with E-state index in [1.165, 1.54) is 63.8 Å². The molecule has 4 aromatic carbocycles. The Labute approximate surface area is 192 Å². The monoisotopic (exact) mass is 423 g/mol. The predicted molar refractivity (Wildman–Crippen MR) is 134 cm³/mol. The van der Waals surface area contributed by atoms with E-state index in [-0.39, 0.29) is 5.41 Å². The van der Waals surface area contributed by atoms with E-state index in [9.17, 15) is 0 Å². The molecule has 6 unspecified atom stereocenters. The molecule has 1 heteroatoms. The highest BCUT2D eigenvalue weighted by molar-refractivity contribution is 6.25. The Bertz CT molecular complexity index is 1720. The van der Waals surface area contributed by atoms with Crippen LogP contribution in [0.4, 0.5) is 0 Å². The third-order valence-corrected chi connectivity index (χ3v) is 11.2. The minimum Gasteiger partial charge on any atom is -0.354 e. The number of H-pyrrole nitrogens is 1. The van der Waals surface area contributed by atoms with Crippen LogP contribution in [0.25, 0.3) is 43.7 Å². The van der Waals surface area contributed by atoms with Gasteiger partial charge in [0.2, 0.25) is 0 Å². The standard InChI is InChI=1S/C32H25N/c1-2-6-20-18(5-1)9-11-24-29(20)30-25(33-24)12-10-23-28(30)21-7-3-4-8-22(21)32(23)26-14-17-13-19-15-27(32)31(19,26)16-17/h1-12,17,19,26-27,33H,13-16H2. The van der Waals surface area contributed by atoms with Crippen molar-refractivity contribution < 1.29 is 0 Å². The van der Waals surface area contributed by atoms with E-state index in [0.717, 1.165) is 23.7 Å². The van der Waals surface area contributed by atoms with E-state index >= 15 is 0 Å². The Kier molecular flexibility index (Phi) is 2.45. The lowest BCUT2D eigenvalue weighted by Gasteiger charge is -2.76. The topological polar surface area (TPSA) is 15.8 Å². The molecular formula is C32H25N. The van der Waals surface area contributed by atoms with Crippen LogP contribution in [0.15, 0.2) is 72.8 Å². The van der Waals surface area contributed by atoms with Gasteiger partial charge in [0.25, 0.3) is 0 Å². The summed E-state index contributed by atoms with van der Waals surface area (Å²) in [7, 11) is 0. The molecule has 5 aliphatic carbocycles. The number of fused-ring (bicyclic) bond motifs is 14. The average Bonchev–Trinajstić information content (AvgIpc) is 3.56. The van der Waals surface area contributed by atoms with Gasteiger partial charge in [-0.3, -0.25) is 0 Å². The molecule has 0 aliphatic heterocycles. The molecular weight excluding hydrogens is 398 g/mol. The Morgan fingerprint density at radius 1 is 0.697 bits per heavy atom. The summed E-state index contributed by atoms with van der Waals surface area (Å²) in [6.45, 7) is 0. The van der Waals surface area contributed by atoms with Gasteiger partial charge in [-0.15, -0.1) is 0 Å². The second-order valence-electron chi connectivity index (χ2n) is 11.9. The number of hydrogen-bond acceptors (Lipinski definition) is 0. The fraction of sp³-hybridized carbons (Fsp3) is 0.312. The highest BCUT2D eigenvalue weighted by Crippen LogP contribution is 2.89.